The molecule has 0 bridgehead atoms. The number of nitrogens with two attached hydrogens (primary N) is 1. The molecule has 1 aromatic carbocycles. The normalized spacial score (nSPS) is 17.2. The Hall–Kier alpha value is -1.03. The van der Waals surface area contributed by atoms with Crippen molar-refractivity contribution in [1.29, 1.82) is 5.41 Å². The van der Waals surface area contributed by atoms with Crippen LogP contribution >= 0.6 is 15.9 Å². The van der Waals surface area contributed by atoms with E-state index < -0.39 is 0 Å². The van der Waals surface area contributed by atoms with Gasteiger partial charge in [-0.1, -0.05) is 22.9 Å². The third-order valence-corrected chi connectivity index (χ3v) is 3.87. The molecule has 0 aliphatic carbocycles. The van der Waals surface area contributed by atoms with E-state index in [2.05, 4.69) is 33.8 Å². The number of hydrogen-bond acceptors (Lipinski definition) is 2. The van der Waals surface area contributed by atoms with Crippen LogP contribution in [0.3, 0.4) is 0 Å². The van der Waals surface area contributed by atoms with Gasteiger partial charge in [0.25, 0.3) is 0 Å². The molecule has 3 N–H and O–H groups in total. The summed E-state index contributed by atoms with van der Waals surface area (Å²) in [6.07, 6.45) is 2.43. The van der Waals surface area contributed by atoms with Crippen LogP contribution in [0.5, 0.6) is 0 Å². The van der Waals surface area contributed by atoms with E-state index >= 15 is 0 Å². The summed E-state index contributed by atoms with van der Waals surface area (Å²) in [6.45, 7) is 4.41. The minimum Gasteiger partial charge on any atom is -0.384 e. The lowest BCUT2D eigenvalue weighted by atomic mass is 9.98. The maximum atomic E-state index is 7.66. The summed E-state index contributed by atoms with van der Waals surface area (Å²) < 4.78 is 0.969. The fraction of sp³-hybridized carbons (Fsp3) is 0.462. The first-order valence-electron chi connectivity index (χ1n) is 5.97. The van der Waals surface area contributed by atoms with Crippen LogP contribution < -0.4 is 10.6 Å². The molecule has 1 aromatic rings. The molecule has 0 amide bonds. The van der Waals surface area contributed by atoms with Gasteiger partial charge in [0.1, 0.15) is 5.84 Å². The Balaban J connectivity index is 2.28. The number of piperidine rings is 1. The Morgan fingerprint density at radius 3 is 2.65 bits per heavy atom. The van der Waals surface area contributed by atoms with E-state index in [1.165, 1.54) is 12.8 Å². The van der Waals surface area contributed by atoms with Gasteiger partial charge >= 0.3 is 0 Å². The molecule has 2 rings (SSSR count). The van der Waals surface area contributed by atoms with Gasteiger partial charge < -0.3 is 10.6 Å². The minimum atomic E-state index is 0.139. The number of nitrogens with zero attached hydrogens (tertiary/aromatic N) is 1. The van der Waals surface area contributed by atoms with Crippen molar-refractivity contribution in [2.75, 3.05) is 18.0 Å². The number of amidine groups is 1. The van der Waals surface area contributed by atoms with E-state index in [1.54, 1.807) is 0 Å². The Bertz CT molecular complexity index is 423. The molecule has 3 nitrogen and oxygen atoms in total. The van der Waals surface area contributed by atoms with E-state index in [-0.39, 0.29) is 5.84 Å². The molecule has 1 aliphatic heterocycles. The highest BCUT2D eigenvalue weighted by molar-refractivity contribution is 9.10. The number of anilines is 1. The number of nitrogen functional groups attached to an aromatic ring is 1. The first kappa shape index (κ1) is 12.4. The zero-order chi connectivity index (χ0) is 12.4. The highest BCUT2D eigenvalue weighted by atomic mass is 79.9. The SMILES string of the molecule is CC1CCN(c2ccc(Br)cc2C(=N)N)CC1. The van der Waals surface area contributed by atoms with Gasteiger partial charge in [0.15, 0.2) is 0 Å². The molecular weight excluding hydrogens is 278 g/mol. The van der Waals surface area contributed by atoms with Crippen molar-refractivity contribution in [3.05, 3.63) is 28.2 Å². The maximum absolute atomic E-state index is 7.66. The lowest BCUT2D eigenvalue weighted by Gasteiger charge is -2.33. The van der Waals surface area contributed by atoms with E-state index in [0.29, 0.717) is 0 Å². The predicted octanol–water partition coefficient (Wildman–Crippen LogP) is 2.97. The van der Waals surface area contributed by atoms with Crippen molar-refractivity contribution in [1.82, 2.24) is 0 Å². The number of benzene rings is 1. The topological polar surface area (TPSA) is 53.1 Å². The van der Waals surface area contributed by atoms with Gasteiger partial charge in [-0.15, -0.1) is 0 Å². The average Bonchev–Trinajstić information content (AvgIpc) is 2.30. The third-order valence-electron chi connectivity index (χ3n) is 3.37. The second kappa shape index (κ2) is 5.08. The van der Waals surface area contributed by atoms with Crippen molar-refractivity contribution in [3.63, 3.8) is 0 Å². The van der Waals surface area contributed by atoms with Crippen LogP contribution in [0.1, 0.15) is 25.3 Å². The second-order valence-corrected chi connectivity index (χ2v) is 5.66. The Labute approximate surface area is 111 Å². The van der Waals surface area contributed by atoms with Gasteiger partial charge in [-0.05, 0) is 37.0 Å². The van der Waals surface area contributed by atoms with Crippen molar-refractivity contribution < 1.29 is 0 Å². The quantitative estimate of drug-likeness (QED) is 0.651. The molecule has 0 radical (unpaired) electrons. The van der Waals surface area contributed by atoms with Crippen LogP contribution in [0.4, 0.5) is 5.69 Å². The van der Waals surface area contributed by atoms with Crippen LogP contribution in [-0.4, -0.2) is 18.9 Å². The lowest BCUT2D eigenvalue weighted by molar-refractivity contribution is 0.438. The minimum absolute atomic E-state index is 0.139. The van der Waals surface area contributed by atoms with Crippen LogP contribution in [-0.2, 0) is 0 Å². The fourth-order valence-corrected chi connectivity index (χ4v) is 2.61. The summed E-state index contributed by atoms with van der Waals surface area (Å²) in [5.74, 6) is 0.947. The standard InChI is InChI=1S/C13H18BrN3/c1-9-4-6-17(7-5-9)12-3-2-10(14)8-11(12)13(15)16/h2-3,8-9H,4-7H2,1H3,(H3,15,16). The first-order valence-corrected chi connectivity index (χ1v) is 6.76. The molecule has 1 heterocycles. The van der Waals surface area contributed by atoms with Gasteiger partial charge in [0.05, 0.1) is 0 Å². The molecule has 0 unspecified atom stereocenters. The summed E-state index contributed by atoms with van der Waals surface area (Å²) in [4.78, 5) is 2.34. The summed E-state index contributed by atoms with van der Waals surface area (Å²) in [7, 11) is 0. The molecule has 1 aliphatic rings. The molecule has 4 heteroatoms. The molecule has 92 valence electrons. The third kappa shape index (κ3) is 2.80. The molecule has 0 saturated carbocycles. The van der Waals surface area contributed by atoms with Crippen molar-refractivity contribution in [2.24, 2.45) is 11.7 Å². The lowest BCUT2D eigenvalue weighted by Crippen LogP contribution is -2.34. The molecule has 1 saturated heterocycles. The van der Waals surface area contributed by atoms with E-state index in [9.17, 15) is 0 Å². The smallest absolute Gasteiger partial charge is 0.124 e. The monoisotopic (exact) mass is 295 g/mol. The van der Waals surface area contributed by atoms with Gasteiger partial charge in [0.2, 0.25) is 0 Å². The molecular formula is C13H18BrN3. The molecule has 17 heavy (non-hydrogen) atoms. The number of rotatable bonds is 2. The highest BCUT2D eigenvalue weighted by Gasteiger charge is 2.19. The number of nitrogens with one attached hydrogen (secondary N) is 1. The average molecular weight is 296 g/mol. The molecule has 0 aromatic heterocycles. The first-order chi connectivity index (χ1) is 8.08. The van der Waals surface area contributed by atoms with Gasteiger partial charge in [-0.2, -0.15) is 0 Å². The maximum Gasteiger partial charge on any atom is 0.124 e. The zero-order valence-corrected chi connectivity index (χ0v) is 11.6. The van der Waals surface area contributed by atoms with Crippen LogP contribution in [0.25, 0.3) is 0 Å². The number of halogens is 1. The van der Waals surface area contributed by atoms with Crippen molar-refractivity contribution >= 4 is 27.5 Å². The second-order valence-electron chi connectivity index (χ2n) is 4.74. The van der Waals surface area contributed by atoms with Crippen molar-refractivity contribution in [2.45, 2.75) is 19.8 Å². The predicted molar refractivity (Wildman–Crippen MR) is 75.8 cm³/mol. The Morgan fingerprint density at radius 2 is 2.06 bits per heavy atom. The summed E-state index contributed by atoms with van der Waals surface area (Å²) in [5, 5.41) is 7.66. The summed E-state index contributed by atoms with van der Waals surface area (Å²) in [6, 6.07) is 5.99. The Morgan fingerprint density at radius 1 is 1.41 bits per heavy atom. The number of hydrogen-bond donors (Lipinski definition) is 2. The van der Waals surface area contributed by atoms with Gasteiger partial charge in [-0.3, -0.25) is 5.41 Å². The highest BCUT2D eigenvalue weighted by Crippen LogP contribution is 2.28. The van der Waals surface area contributed by atoms with E-state index in [4.69, 9.17) is 11.1 Å². The van der Waals surface area contributed by atoms with Crippen LogP contribution in [0.2, 0.25) is 0 Å². The van der Waals surface area contributed by atoms with Crippen LogP contribution in [0, 0.1) is 11.3 Å². The molecule has 0 atom stereocenters. The fourth-order valence-electron chi connectivity index (χ4n) is 2.25. The van der Waals surface area contributed by atoms with Gasteiger partial charge in [0, 0.05) is 28.8 Å². The van der Waals surface area contributed by atoms with Crippen molar-refractivity contribution in [3.8, 4) is 0 Å². The molecule has 1 fully saturated rings. The van der Waals surface area contributed by atoms with Crippen LogP contribution in [0.15, 0.2) is 22.7 Å². The van der Waals surface area contributed by atoms with E-state index in [0.717, 1.165) is 34.7 Å². The van der Waals surface area contributed by atoms with E-state index in [1.807, 2.05) is 12.1 Å². The summed E-state index contributed by atoms with van der Waals surface area (Å²) >= 11 is 3.43. The van der Waals surface area contributed by atoms with Gasteiger partial charge in [-0.25, -0.2) is 0 Å². The summed E-state index contributed by atoms with van der Waals surface area (Å²) in [5.41, 5.74) is 7.57. The Kier molecular flexibility index (Phi) is 3.72. The molecule has 0 spiro atoms. The zero-order valence-electron chi connectivity index (χ0n) is 10.0. The largest absolute Gasteiger partial charge is 0.384 e.